The van der Waals surface area contributed by atoms with Crippen molar-refractivity contribution < 1.29 is 0 Å². The van der Waals surface area contributed by atoms with Crippen LogP contribution in [0, 0.1) is 10.8 Å². The number of nitrogens with one attached hydrogen (secondary N) is 1. The van der Waals surface area contributed by atoms with Crippen LogP contribution in [0.1, 0.15) is 53.4 Å². The molecule has 1 aliphatic rings. The van der Waals surface area contributed by atoms with Gasteiger partial charge >= 0.3 is 0 Å². The van der Waals surface area contributed by atoms with E-state index in [0.29, 0.717) is 10.8 Å². The number of rotatable bonds is 0. The zero-order chi connectivity index (χ0) is 16.5. The molecule has 4 N–H and O–H groups in total. The zero-order valence-corrected chi connectivity index (χ0v) is 15.7. The largest absolute Gasteiger partial charge is 0.355 e. The van der Waals surface area contributed by atoms with Gasteiger partial charge in [0.05, 0.1) is 0 Å². The Morgan fingerprint density at radius 3 is 1.42 bits per heavy atom. The molecule has 2 heteroatoms. The van der Waals surface area contributed by atoms with Gasteiger partial charge in [0.2, 0.25) is 0 Å². The van der Waals surface area contributed by atoms with Gasteiger partial charge in [-0.3, -0.25) is 0 Å². The highest BCUT2D eigenvalue weighted by Crippen LogP contribution is 2.49. The number of aromatic amines is 1. The first-order valence-corrected chi connectivity index (χ1v) is 8.86. The minimum absolute atomic E-state index is 0. The van der Waals surface area contributed by atoms with Crippen molar-refractivity contribution in [1.29, 1.82) is 0 Å². The maximum absolute atomic E-state index is 3.38. The maximum atomic E-state index is 3.38. The molecule has 0 saturated heterocycles. The Kier molecular flexibility index (Phi) is 5.39. The van der Waals surface area contributed by atoms with E-state index >= 15 is 0 Å². The summed E-state index contributed by atoms with van der Waals surface area (Å²) in [4.78, 5) is 3.38. The molecular formula is C22H32N2. The zero-order valence-electron chi connectivity index (χ0n) is 15.7. The highest BCUT2D eigenvalue weighted by Gasteiger charge is 2.38. The van der Waals surface area contributed by atoms with E-state index in [9.17, 15) is 0 Å². The lowest BCUT2D eigenvalue weighted by Crippen LogP contribution is -2.35. The molecule has 0 atom stereocenters. The van der Waals surface area contributed by atoms with Crippen molar-refractivity contribution in [2.45, 2.75) is 53.4 Å². The van der Waals surface area contributed by atoms with E-state index < -0.39 is 0 Å². The first kappa shape index (κ1) is 18.5. The lowest BCUT2D eigenvalue weighted by molar-refractivity contribution is 0.0520. The van der Waals surface area contributed by atoms with Crippen LogP contribution in [0.4, 0.5) is 0 Å². The number of para-hydroxylation sites is 2. The molecule has 1 heterocycles. The van der Waals surface area contributed by atoms with Gasteiger partial charge < -0.3 is 11.1 Å². The van der Waals surface area contributed by atoms with Gasteiger partial charge in [-0.2, -0.15) is 0 Å². The monoisotopic (exact) mass is 324 g/mol. The molecule has 2 nitrogen and oxygen atoms in total. The fourth-order valence-corrected chi connectivity index (χ4v) is 3.61. The molecule has 0 bridgehead atoms. The molecule has 24 heavy (non-hydrogen) atoms. The first-order chi connectivity index (χ1) is 10.9. The average Bonchev–Trinajstić information content (AvgIpc) is 2.90. The van der Waals surface area contributed by atoms with E-state index in [4.69, 9.17) is 0 Å². The topological polar surface area (TPSA) is 50.8 Å². The van der Waals surface area contributed by atoms with Gasteiger partial charge in [0.15, 0.2) is 0 Å². The lowest BCUT2D eigenvalue weighted by atomic mass is 9.60. The van der Waals surface area contributed by atoms with E-state index in [-0.39, 0.29) is 6.15 Å². The van der Waals surface area contributed by atoms with Crippen LogP contribution in [-0.4, -0.2) is 4.98 Å². The summed E-state index contributed by atoms with van der Waals surface area (Å²) in [5, 5.41) is 2.61. The fraction of sp³-hybridized carbons (Fsp3) is 0.455. The van der Waals surface area contributed by atoms with Crippen molar-refractivity contribution in [3.63, 3.8) is 0 Å². The van der Waals surface area contributed by atoms with Crippen molar-refractivity contribution in [3.8, 4) is 0 Å². The summed E-state index contributed by atoms with van der Waals surface area (Å²) in [5.74, 6) is 0. The summed E-state index contributed by atoms with van der Waals surface area (Å²) in [6.07, 6.45) is 5.72. The van der Waals surface area contributed by atoms with E-state index in [1.807, 2.05) is 0 Å². The molecule has 0 spiro atoms. The van der Waals surface area contributed by atoms with Crippen molar-refractivity contribution in [2.24, 2.45) is 10.8 Å². The smallest absolute Gasteiger partial charge is 0.0464 e. The van der Waals surface area contributed by atoms with E-state index in [1.165, 1.54) is 47.5 Å². The van der Waals surface area contributed by atoms with E-state index in [0.717, 1.165) is 0 Å². The van der Waals surface area contributed by atoms with Gasteiger partial charge in [-0.15, -0.1) is 0 Å². The van der Waals surface area contributed by atoms with Crippen molar-refractivity contribution in [1.82, 2.24) is 11.1 Å². The summed E-state index contributed by atoms with van der Waals surface area (Å²) in [7, 11) is 0. The molecule has 0 amide bonds. The molecule has 1 aromatic heterocycles. The summed E-state index contributed by atoms with van der Waals surface area (Å²) >= 11 is 0. The molecular weight excluding hydrogens is 292 g/mol. The Hall–Kier alpha value is -1.80. The van der Waals surface area contributed by atoms with Crippen LogP contribution in [0.15, 0.2) is 48.5 Å². The van der Waals surface area contributed by atoms with Crippen LogP contribution in [0.25, 0.3) is 21.8 Å². The van der Waals surface area contributed by atoms with Crippen LogP contribution in [-0.2, 0) is 0 Å². The van der Waals surface area contributed by atoms with E-state index in [1.54, 1.807) is 0 Å². The maximum Gasteiger partial charge on any atom is 0.0464 e. The highest BCUT2D eigenvalue weighted by molar-refractivity contribution is 6.06. The number of hydrogen-bond acceptors (Lipinski definition) is 1. The van der Waals surface area contributed by atoms with Crippen molar-refractivity contribution >= 4 is 21.8 Å². The molecule has 0 unspecified atom stereocenters. The summed E-state index contributed by atoms with van der Waals surface area (Å²) < 4.78 is 0. The van der Waals surface area contributed by atoms with Crippen molar-refractivity contribution in [3.05, 3.63) is 48.5 Å². The molecule has 130 valence electrons. The van der Waals surface area contributed by atoms with Gasteiger partial charge in [0, 0.05) is 21.8 Å². The Labute approximate surface area is 146 Å². The van der Waals surface area contributed by atoms with Crippen LogP contribution in [0.3, 0.4) is 0 Å². The number of aromatic nitrogens is 1. The number of H-pyrrole nitrogens is 1. The Balaban J connectivity index is 0.000000173. The Morgan fingerprint density at radius 1 is 0.667 bits per heavy atom. The van der Waals surface area contributed by atoms with Gasteiger partial charge in [0.25, 0.3) is 0 Å². The second kappa shape index (κ2) is 6.98. The van der Waals surface area contributed by atoms with Gasteiger partial charge in [-0.25, -0.2) is 0 Å². The SMILES string of the molecule is CC1(C)CCCCC1(C)C.N.c1ccc2c(c1)[nH]c1ccccc12. The number of fused-ring (bicyclic) bond motifs is 3. The molecule has 0 radical (unpaired) electrons. The highest BCUT2D eigenvalue weighted by atomic mass is 14.7. The lowest BCUT2D eigenvalue weighted by Gasteiger charge is -2.45. The second-order valence-corrected chi connectivity index (χ2v) is 8.19. The predicted octanol–water partition coefficient (Wildman–Crippen LogP) is 7.10. The summed E-state index contributed by atoms with van der Waals surface area (Å²) in [6.45, 7) is 9.64. The molecule has 3 aromatic rings. The number of hydrogen-bond donors (Lipinski definition) is 2. The molecule has 1 saturated carbocycles. The molecule has 1 aliphatic carbocycles. The van der Waals surface area contributed by atoms with Crippen molar-refractivity contribution in [2.75, 3.05) is 0 Å². The van der Waals surface area contributed by atoms with Gasteiger partial charge in [-0.05, 0) is 35.8 Å². The van der Waals surface area contributed by atoms with Crippen LogP contribution >= 0.6 is 0 Å². The summed E-state index contributed by atoms with van der Waals surface area (Å²) in [5.41, 5.74) is 3.57. The summed E-state index contributed by atoms with van der Waals surface area (Å²) in [6, 6.07) is 16.8. The van der Waals surface area contributed by atoms with Gasteiger partial charge in [-0.1, -0.05) is 76.9 Å². The van der Waals surface area contributed by atoms with E-state index in [2.05, 4.69) is 81.2 Å². The fourth-order valence-electron chi connectivity index (χ4n) is 3.61. The standard InChI is InChI=1S/C12H9N.C10H20.H3N/c1-3-7-11-9(5-1)10-6-2-4-8-12(10)13-11;1-9(2)7-5-6-8-10(9,3)4;/h1-8,13H;5-8H2,1-4H3;1H3. The predicted molar refractivity (Wildman–Crippen MR) is 107 cm³/mol. The quantitative estimate of drug-likeness (QED) is 0.455. The minimum atomic E-state index is 0. The van der Waals surface area contributed by atoms with Crippen LogP contribution < -0.4 is 6.15 Å². The molecule has 1 fully saturated rings. The Bertz CT molecular complexity index is 729. The normalized spacial score (nSPS) is 18.5. The third kappa shape index (κ3) is 3.49. The van der Waals surface area contributed by atoms with Crippen LogP contribution in [0.5, 0.6) is 0 Å². The average molecular weight is 325 g/mol. The Morgan fingerprint density at radius 2 is 1.04 bits per heavy atom. The molecule has 0 aliphatic heterocycles. The first-order valence-electron chi connectivity index (χ1n) is 8.86. The third-order valence-corrected chi connectivity index (χ3v) is 6.10. The number of benzene rings is 2. The third-order valence-electron chi connectivity index (χ3n) is 6.10. The minimum Gasteiger partial charge on any atom is -0.355 e. The molecule has 2 aromatic carbocycles. The molecule has 4 rings (SSSR count). The van der Waals surface area contributed by atoms with Gasteiger partial charge in [0.1, 0.15) is 0 Å². The second-order valence-electron chi connectivity index (χ2n) is 8.19. The van der Waals surface area contributed by atoms with Crippen LogP contribution in [0.2, 0.25) is 0 Å².